The molecule has 1 amide bonds. The normalized spacial score (nSPS) is 12.0. The molecular weight excluding hydrogens is 296 g/mol. The van der Waals surface area contributed by atoms with Crippen molar-refractivity contribution in [3.05, 3.63) is 57.0 Å². The van der Waals surface area contributed by atoms with E-state index in [1.165, 1.54) is 10.8 Å². The molecule has 1 N–H and O–H groups in total. The summed E-state index contributed by atoms with van der Waals surface area (Å²) in [4.78, 5) is 26.1. The molecule has 1 atom stereocenters. The van der Waals surface area contributed by atoms with Gasteiger partial charge in [0.05, 0.1) is 6.04 Å². The number of hydrogen-bond donors (Lipinski definition) is 1. The number of carbonyl (C=O) groups excluding carboxylic acids is 1. The molecule has 0 fully saturated rings. The van der Waals surface area contributed by atoms with Gasteiger partial charge in [-0.3, -0.25) is 9.36 Å². The lowest BCUT2D eigenvalue weighted by Gasteiger charge is -2.16. The van der Waals surface area contributed by atoms with Crippen LogP contribution in [0.1, 0.15) is 35.5 Å². The Kier molecular flexibility index (Phi) is 4.78. The number of rotatable bonds is 5. The molecule has 0 saturated heterocycles. The van der Waals surface area contributed by atoms with Gasteiger partial charge in [-0.15, -0.1) is 0 Å². The highest BCUT2D eigenvalue weighted by atomic mass is 16.6. The predicted molar refractivity (Wildman–Crippen MR) is 86.1 cm³/mol. The van der Waals surface area contributed by atoms with Gasteiger partial charge in [-0.1, -0.05) is 29.3 Å². The molecule has 2 aromatic rings. The number of carbonyl (C=O) groups is 1. The lowest BCUT2D eigenvalue weighted by molar-refractivity contribution is -0.389. The summed E-state index contributed by atoms with van der Waals surface area (Å²) in [5, 5.41) is 13.6. The van der Waals surface area contributed by atoms with Crippen molar-refractivity contribution in [3.8, 4) is 0 Å². The first-order chi connectivity index (χ1) is 10.8. The van der Waals surface area contributed by atoms with Crippen LogP contribution in [0.3, 0.4) is 0 Å². The van der Waals surface area contributed by atoms with Crippen molar-refractivity contribution in [2.45, 2.75) is 40.3 Å². The fraction of sp³-hybridized carbons (Fsp3) is 0.375. The first-order valence-corrected chi connectivity index (χ1v) is 7.32. The van der Waals surface area contributed by atoms with E-state index in [9.17, 15) is 14.9 Å². The van der Waals surface area contributed by atoms with E-state index in [1.807, 2.05) is 32.9 Å². The number of nitro groups is 1. The molecule has 122 valence electrons. The SMILES string of the molecule is Cc1cc(C)cc(C(C)NC(=O)Cn2cc([N+](=O)[O-])nc2C)c1. The Bertz CT molecular complexity index is 732. The third kappa shape index (κ3) is 4.15. The van der Waals surface area contributed by atoms with Crippen molar-refractivity contribution in [2.75, 3.05) is 0 Å². The first-order valence-electron chi connectivity index (χ1n) is 7.32. The van der Waals surface area contributed by atoms with Crippen LogP contribution in [0, 0.1) is 30.9 Å². The average Bonchev–Trinajstić information content (AvgIpc) is 2.79. The van der Waals surface area contributed by atoms with Gasteiger partial charge in [0.2, 0.25) is 11.7 Å². The van der Waals surface area contributed by atoms with Crippen molar-refractivity contribution in [2.24, 2.45) is 0 Å². The highest BCUT2D eigenvalue weighted by Crippen LogP contribution is 2.17. The summed E-state index contributed by atoms with van der Waals surface area (Å²) in [6, 6.07) is 6.00. The number of benzene rings is 1. The lowest BCUT2D eigenvalue weighted by Crippen LogP contribution is -2.30. The topological polar surface area (TPSA) is 90.1 Å². The van der Waals surface area contributed by atoms with Crippen LogP contribution < -0.4 is 5.32 Å². The summed E-state index contributed by atoms with van der Waals surface area (Å²) in [6.45, 7) is 7.57. The van der Waals surface area contributed by atoms with Crippen LogP contribution in [-0.4, -0.2) is 20.4 Å². The molecule has 2 rings (SSSR count). The van der Waals surface area contributed by atoms with E-state index in [2.05, 4.69) is 16.4 Å². The average molecular weight is 316 g/mol. The molecule has 0 aliphatic heterocycles. The number of nitrogens with zero attached hydrogens (tertiary/aromatic N) is 3. The molecular formula is C16H20N4O3. The number of aromatic nitrogens is 2. The van der Waals surface area contributed by atoms with Crippen LogP contribution in [0.4, 0.5) is 5.82 Å². The summed E-state index contributed by atoms with van der Waals surface area (Å²) >= 11 is 0. The molecule has 7 nitrogen and oxygen atoms in total. The Morgan fingerprint density at radius 3 is 2.43 bits per heavy atom. The second-order valence-corrected chi connectivity index (χ2v) is 5.74. The highest BCUT2D eigenvalue weighted by Gasteiger charge is 2.18. The maximum Gasteiger partial charge on any atom is 0.381 e. The van der Waals surface area contributed by atoms with E-state index in [0.717, 1.165) is 16.7 Å². The van der Waals surface area contributed by atoms with Crippen molar-refractivity contribution in [1.82, 2.24) is 14.9 Å². The van der Waals surface area contributed by atoms with Gasteiger partial charge in [-0.05, 0) is 36.2 Å². The number of nitrogens with one attached hydrogen (secondary N) is 1. The van der Waals surface area contributed by atoms with E-state index in [0.29, 0.717) is 5.82 Å². The second-order valence-electron chi connectivity index (χ2n) is 5.74. The molecule has 1 unspecified atom stereocenters. The Morgan fingerprint density at radius 2 is 1.91 bits per heavy atom. The van der Waals surface area contributed by atoms with Gasteiger partial charge < -0.3 is 15.4 Å². The van der Waals surface area contributed by atoms with Crippen LogP contribution in [0.15, 0.2) is 24.4 Å². The minimum atomic E-state index is -0.570. The molecule has 0 aliphatic carbocycles. The monoisotopic (exact) mass is 316 g/mol. The van der Waals surface area contributed by atoms with Crippen molar-refractivity contribution in [3.63, 3.8) is 0 Å². The minimum Gasteiger partial charge on any atom is -0.358 e. The molecule has 1 heterocycles. The quantitative estimate of drug-likeness (QED) is 0.678. The minimum absolute atomic E-state index is 0.00180. The van der Waals surface area contributed by atoms with E-state index in [1.54, 1.807) is 6.92 Å². The summed E-state index contributed by atoms with van der Waals surface area (Å²) in [6.07, 6.45) is 1.27. The smallest absolute Gasteiger partial charge is 0.358 e. The van der Waals surface area contributed by atoms with Crippen molar-refractivity contribution in [1.29, 1.82) is 0 Å². The Morgan fingerprint density at radius 1 is 1.30 bits per heavy atom. The van der Waals surface area contributed by atoms with Gasteiger partial charge in [0.1, 0.15) is 12.7 Å². The third-order valence-corrected chi connectivity index (χ3v) is 3.59. The van der Waals surface area contributed by atoms with Gasteiger partial charge in [-0.2, -0.15) is 0 Å². The van der Waals surface area contributed by atoms with E-state index in [4.69, 9.17) is 0 Å². The lowest BCUT2D eigenvalue weighted by atomic mass is 10.0. The van der Waals surface area contributed by atoms with E-state index < -0.39 is 4.92 Å². The van der Waals surface area contributed by atoms with Crippen LogP contribution >= 0.6 is 0 Å². The summed E-state index contributed by atoms with van der Waals surface area (Å²) in [5.74, 6) is -0.0318. The molecule has 0 bridgehead atoms. The van der Waals surface area contributed by atoms with Crippen molar-refractivity contribution >= 4 is 11.7 Å². The zero-order valence-corrected chi connectivity index (χ0v) is 13.7. The summed E-state index contributed by atoms with van der Waals surface area (Å²) < 4.78 is 1.47. The van der Waals surface area contributed by atoms with Crippen molar-refractivity contribution < 1.29 is 9.72 Å². The fourth-order valence-corrected chi connectivity index (χ4v) is 2.52. The maximum absolute atomic E-state index is 12.2. The first kappa shape index (κ1) is 16.7. The molecule has 1 aromatic carbocycles. The standard InChI is InChI=1S/C16H20N4O3/c1-10-5-11(2)7-14(6-10)12(3)17-16(21)9-19-8-15(20(22)23)18-13(19)4/h5-8,12H,9H2,1-4H3,(H,17,21). The predicted octanol–water partition coefficient (Wildman–Crippen LogP) is 2.59. The Balaban J connectivity index is 2.05. The number of hydrogen-bond acceptors (Lipinski definition) is 4. The van der Waals surface area contributed by atoms with Gasteiger partial charge in [0.15, 0.2) is 0 Å². The largest absolute Gasteiger partial charge is 0.381 e. The van der Waals surface area contributed by atoms with E-state index in [-0.39, 0.29) is 24.3 Å². The number of amides is 1. The molecule has 0 spiro atoms. The Labute approximate surface area is 134 Å². The van der Waals surface area contributed by atoms with Crippen LogP contribution in [0.2, 0.25) is 0 Å². The molecule has 0 radical (unpaired) electrons. The highest BCUT2D eigenvalue weighted by molar-refractivity contribution is 5.76. The second kappa shape index (κ2) is 6.60. The molecule has 23 heavy (non-hydrogen) atoms. The van der Waals surface area contributed by atoms with Crippen LogP contribution in [0.25, 0.3) is 0 Å². The molecule has 1 aromatic heterocycles. The summed E-state index contributed by atoms with van der Waals surface area (Å²) in [5.41, 5.74) is 3.31. The number of aryl methyl sites for hydroxylation is 3. The Hall–Kier alpha value is -2.70. The molecule has 0 aliphatic rings. The molecule has 0 saturated carbocycles. The van der Waals surface area contributed by atoms with E-state index >= 15 is 0 Å². The van der Waals surface area contributed by atoms with Gasteiger partial charge in [-0.25, -0.2) is 0 Å². The third-order valence-electron chi connectivity index (χ3n) is 3.59. The van der Waals surface area contributed by atoms with Gasteiger partial charge in [0, 0.05) is 6.92 Å². The molecule has 7 heteroatoms. The zero-order valence-electron chi connectivity index (χ0n) is 13.7. The number of imidazole rings is 1. The van der Waals surface area contributed by atoms with Gasteiger partial charge in [0.25, 0.3) is 0 Å². The zero-order chi connectivity index (χ0) is 17.1. The fourth-order valence-electron chi connectivity index (χ4n) is 2.52. The maximum atomic E-state index is 12.2. The van der Waals surface area contributed by atoms with Gasteiger partial charge >= 0.3 is 5.82 Å². The summed E-state index contributed by atoms with van der Waals surface area (Å²) in [7, 11) is 0. The van der Waals surface area contributed by atoms with Crippen LogP contribution in [0.5, 0.6) is 0 Å². The van der Waals surface area contributed by atoms with Crippen LogP contribution in [-0.2, 0) is 11.3 Å².